The number of benzene rings is 1. The highest BCUT2D eigenvalue weighted by Gasteiger charge is 2.23. The molecule has 174 valence electrons. The molecule has 0 atom stereocenters. The van der Waals surface area contributed by atoms with Crippen LogP contribution >= 0.6 is 23.1 Å². The van der Waals surface area contributed by atoms with Gasteiger partial charge in [-0.05, 0) is 74.4 Å². The van der Waals surface area contributed by atoms with Gasteiger partial charge in [-0.1, -0.05) is 36.0 Å². The molecule has 1 aliphatic rings. The fourth-order valence-electron chi connectivity index (χ4n) is 3.86. The van der Waals surface area contributed by atoms with E-state index in [9.17, 15) is 9.59 Å². The van der Waals surface area contributed by atoms with Gasteiger partial charge >= 0.3 is 0 Å². The van der Waals surface area contributed by atoms with Gasteiger partial charge in [-0.3, -0.25) is 9.59 Å². The quantitative estimate of drug-likeness (QED) is 0.273. The lowest BCUT2D eigenvalue weighted by Gasteiger charge is -2.23. The lowest BCUT2D eigenvalue weighted by molar-refractivity contribution is -0.116. The number of carbonyl (C=O) groups excluding carboxylic acids is 2. The van der Waals surface area contributed by atoms with E-state index in [2.05, 4.69) is 31.0 Å². The lowest BCUT2D eigenvalue weighted by atomic mass is 10.2. The minimum Gasteiger partial charge on any atom is -0.378 e. The van der Waals surface area contributed by atoms with E-state index in [1.165, 1.54) is 27.4 Å². The van der Waals surface area contributed by atoms with Crippen molar-refractivity contribution in [2.75, 3.05) is 24.5 Å². The molecule has 0 saturated carbocycles. The van der Waals surface area contributed by atoms with E-state index in [0.717, 1.165) is 41.4 Å². The number of rotatable bonds is 10. The first-order valence-electron chi connectivity index (χ1n) is 11.5. The summed E-state index contributed by atoms with van der Waals surface area (Å²) in [6.45, 7) is 10.4. The molecule has 1 aromatic carbocycles. The van der Waals surface area contributed by atoms with Crippen molar-refractivity contribution >= 4 is 40.5 Å². The zero-order chi connectivity index (χ0) is 23.8. The highest BCUT2D eigenvalue weighted by Crippen LogP contribution is 2.45. The monoisotopic (exact) mass is 480 g/mol. The average molecular weight is 481 g/mol. The third-order valence-corrected chi connectivity index (χ3v) is 7.84. The Balaban J connectivity index is 2.01. The number of anilines is 1. The average Bonchev–Trinajstić information content (AvgIpc) is 3.48. The molecule has 0 bridgehead atoms. The molecule has 33 heavy (non-hydrogen) atoms. The fourth-order valence-corrected chi connectivity index (χ4v) is 5.74. The number of thioether (sulfide) groups is 1. The Morgan fingerprint density at radius 1 is 1.03 bits per heavy atom. The standard InChI is InChI=1S/C27H32N2O2S2/c1-5-28(6-2)19-22-15-14-21(16-17-24(31)26-13-10-18-32-26)27(22)33-25-12-9-8-11-23(25)29(7-3)20(4)30/h8-13,16-19H,5-7,14-15H2,1-4H3/b17-16-,22-19+. The van der Waals surface area contributed by atoms with Crippen LogP contribution in [0.5, 0.6) is 0 Å². The van der Waals surface area contributed by atoms with Crippen molar-refractivity contribution < 1.29 is 9.59 Å². The summed E-state index contributed by atoms with van der Waals surface area (Å²) in [7, 11) is 0. The summed E-state index contributed by atoms with van der Waals surface area (Å²) < 4.78 is 0. The molecule has 6 heteroatoms. The Hall–Kier alpha value is -2.57. The Morgan fingerprint density at radius 3 is 2.42 bits per heavy atom. The maximum absolute atomic E-state index is 12.6. The molecule has 0 N–H and O–H groups in total. The van der Waals surface area contributed by atoms with Crippen molar-refractivity contribution in [3.05, 3.63) is 81.1 Å². The molecule has 2 aromatic rings. The molecule has 0 aliphatic heterocycles. The Morgan fingerprint density at radius 2 is 1.79 bits per heavy atom. The summed E-state index contributed by atoms with van der Waals surface area (Å²) in [5.74, 6) is 0.0729. The first-order valence-corrected chi connectivity index (χ1v) is 13.2. The van der Waals surface area contributed by atoms with Crippen LogP contribution in [0.25, 0.3) is 0 Å². The maximum atomic E-state index is 12.6. The van der Waals surface area contributed by atoms with Crippen molar-refractivity contribution in [1.29, 1.82) is 0 Å². The van der Waals surface area contributed by atoms with Crippen LogP contribution in [0.1, 0.15) is 50.2 Å². The van der Waals surface area contributed by atoms with E-state index >= 15 is 0 Å². The Bertz CT molecular complexity index is 1060. The normalized spacial score (nSPS) is 15.0. The first kappa shape index (κ1) is 25.1. The minimum atomic E-state index is 0.0338. The molecule has 0 spiro atoms. The summed E-state index contributed by atoms with van der Waals surface area (Å²) >= 11 is 3.16. The smallest absolute Gasteiger partial charge is 0.223 e. The van der Waals surface area contributed by atoms with Crippen LogP contribution in [0.3, 0.4) is 0 Å². The van der Waals surface area contributed by atoms with E-state index in [0.29, 0.717) is 6.54 Å². The van der Waals surface area contributed by atoms with E-state index in [1.807, 2.05) is 48.7 Å². The number of amides is 1. The van der Waals surface area contributed by atoms with Crippen LogP contribution in [0.15, 0.2) is 81.1 Å². The van der Waals surface area contributed by atoms with Gasteiger partial charge in [0.05, 0.1) is 10.6 Å². The molecule has 1 heterocycles. The zero-order valence-corrected chi connectivity index (χ0v) is 21.5. The predicted molar refractivity (Wildman–Crippen MR) is 141 cm³/mol. The second-order valence-corrected chi connectivity index (χ2v) is 9.74. The number of nitrogens with zero attached hydrogens (tertiary/aromatic N) is 2. The number of para-hydroxylation sites is 1. The van der Waals surface area contributed by atoms with Crippen LogP contribution in [0, 0.1) is 0 Å². The van der Waals surface area contributed by atoms with Gasteiger partial charge in [0.2, 0.25) is 5.91 Å². The number of hydrogen-bond donors (Lipinski definition) is 0. The third-order valence-electron chi connectivity index (χ3n) is 5.66. The predicted octanol–water partition coefficient (Wildman–Crippen LogP) is 6.93. The molecule has 3 rings (SSSR count). The second kappa shape index (κ2) is 12.1. The van der Waals surface area contributed by atoms with Crippen LogP contribution in [-0.4, -0.2) is 36.2 Å². The number of carbonyl (C=O) groups is 2. The zero-order valence-electron chi connectivity index (χ0n) is 19.8. The van der Waals surface area contributed by atoms with E-state index < -0.39 is 0 Å². The Kier molecular flexibility index (Phi) is 9.15. The maximum Gasteiger partial charge on any atom is 0.223 e. The molecule has 0 radical (unpaired) electrons. The Labute approximate surface area is 205 Å². The SMILES string of the molecule is CCN(/C=C1\CCC(/C=C\C(=O)c2cccs2)=C1Sc1ccccc1N(CC)C(C)=O)CC. The molecular weight excluding hydrogens is 448 g/mol. The van der Waals surface area contributed by atoms with Crippen LogP contribution < -0.4 is 4.90 Å². The summed E-state index contributed by atoms with van der Waals surface area (Å²) in [5.41, 5.74) is 3.38. The van der Waals surface area contributed by atoms with Gasteiger partial charge in [-0.2, -0.15) is 0 Å². The number of hydrogen-bond acceptors (Lipinski definition) is 5. The van der Waals surface area contributed by atoms with Gasteiger partial charge in [0.25, 0.3) is 0 Å². The van der Waals surface area contributed by atoms with Crippen molar-refractivity contribution in [1.82, 2.24) is 4.90 Å². The molecule has 0 saturated heterocycles. The highest BCUT2D eigenvalue weighted by atomic mass is 32.2. The van der Waals surface area contributed by atoms with Crippen molar-refractivity contribution in [3.8, 4) is 0 Å². The largest absolute Gasteiger partial charge is 0.378 e. The molecule has 1 aromatic heterocycles. The molecule has 1 amide bonds. The summed E-state index contributed by atoms with van der Waals surface area (Å²) in [4.78, 5) is 31.9. The lowest BCUT2D eigenvalue weighted by Crippen LogP contribution is -2.28. The van der Waals surface area contributed by atoms with Crippen LogP contribution in [0.4, 0.5) is 5.69 Å². The van der Waals surface area contributed by atoms with Gasteiger partial charge in [0, 0.05) is 42.6 Å². The number of ketones is 1. The molecule has 0 fully saturated rings. The van der Waals surface area contributed by atoms with Crippen molar-refractivity contribution in [2.45, 2.75) is 45.4 Å². The fraction of sp³-hybridized carbons (Fsp3) is 0.333. The summed E-state index contributed by atoms with van der Waals surface area (Å²) in [6, 6.07) is 11.8. The van der Waals surface area contributed by atoms with Crippen LogP contribution in [0.2, 0.25) is 0 Å². The number of allylic oxidation sites excluding steroid dienone is 4. The third kappa shape index (κ3) is 6.27. The summed E-state index contributed by atoms with van der Waals surface area (Å²) in [6.07, 6.45) is 7.78. The molecule has 4 nitrogen and oxygen atoms in total. The topological polar surface area (TPSA) is 40.6 Å². The molecular formula is C27H32N2O2S2. The van der Waals surface area contributed by atoms with Gasteiger partial charge in [-0.15, -0.1) is 11.3 Å². The van der Waals surface area contributed by atoms with Gasteiger partial charge < -0.3 is 9.80 Å². The van der Waals surface area contributed by atoms with Gasteiger partial charge in [0.1, 0.15) is 0 Å². The molecule has 0 unspecified atom stereocenters. The summed E-state index contributed by atoms with van der Waals surface area (Å²) in [5, 5.41) is 1.92. The second-order valence-electron chi connectivity index (χ2n) is 7.74. The highest BCUT2D eigenvalue weighted by molar-refractivity contribution is 8.03. The van der Waals surface area contributed by atoms with E-state index in [-0.39, 0.29) is 11.7 Å². The van der Waals surface area contributed by atoms with E-state index in [4.69, 9.17) is 0 Å². The first-order chi connectivity index (χ1) is 16.0. The van der Waals surface area contributed by atoms with Gasteiger partial charge in [-0.25, -0.2) is 0 Å². The molecule has 1 aliphatic carbocycles. The van der Waals surface area contributed by atoms with Crippen molar-refractivity contribution in [3.63, 3.8) is 0 Å². The minimum absolute atomic E-state index is 0.0338. The van der Waals surface area contributed by atoms with E-state index in [1.54, 1.807) is 29.7 Å². The number of thiophene rings is 1. The van der Waals surface area contributed by atoms with Crippen LogP contribution in [-0.2, 0) is 4.79 Å². The van der Waals surface area contributed by atoms with Gasteiger partial charge in [0.15, 0.2) is 5.78 Å². The van der Waals surface area contributed by atoms with Crippen molar-refractivity contribution in [2.24, 2.45) is 0 Å².